The molecule has 2 heterocycles. The van der Waals surface area contributed by atoms with Crippen LogP contribution in [0.3, 0.4) is 0 Å². The molecule has 2 fully saturated rings. The smallest absolute Gasteiger partial charge is 0.239 e. The lowest BCUT2D eigenvalue weighted by Crippen LogP contribution is -2.50. The van der Waals surface area contributed by atoms with Crippen LogP contribution in [0, 0.1) is 5.92 Å². The number of likely N-dealkylation sites (tertiary alicyclic amines) is 2. The van der Waals surface area contributed by atoms with E-state index in [0.717, 1.165) is 39.0 Å². The van der Waals surface area contributed by atoms with Gasteiger partial charge in [0.05, 0.1) is 12.3 Å². The fourth-order valence-electron chi connectivity index (χ4n) is 3.53. The zero-order chi connectivity index (χ0) is 16.9. The van der Waals surface area contributed by atoms with E-state index in [0.29, 0.717) is 12.5 Å². The van der Waals surface area contributed by atoms with Gasteiger partial charge in [-0.15, -0.1) is 0 Å². The minimum atomic E-state index is -3.12. The molecule has 0 aromatic rings. The Balaban J connectivity index is 1.78. The number of hydrogen-bond donors (Lipinski definition) is 1. The predicted octanol–water partition coefficient (Wildman–Crippen LogP) is 1.04. The highest BCUT2D eigenvalue weighted by molar-refractivity contribution is 7.88. The third kappa shape index (κ3) is 6.04. The summed E-state index contributed by atoms with van der Waals surface area (Å²) in [6.45, 7) is 6.07. The number of amides is 1. The van der Waals surface area contributed by atoms with Gasteiger partial charge in [0.2, 0.25) is 15.9 Å². The van der Waals surface area contributed by atoms with E-state index in [2.05, 4.69) is 9.62 Å². The van der Waals surface area contributed by atoms with Crippen LogP contribution in [0.1, 0.15) is 45.4 Å². The summed E-state index contributed by atoms with van der Waals surface area (Å²) in [4.78, 5) is 17.0. The first-order valence-corrected chi connectivity index (χ1v) is 10.7. The van der Waals surface area contributed by atoms with Crippen molar-refractivity contribution in [1.82, 2.24) is 14.5 Å². The Morgan fingerprint density at radius 1 is 1.09 bits per heavy atom. The summed E-state index contributed by atoms with van der Waals surface area (Å²) in [6.07, 6.45) is 7.87. The summed E-state index contributed by atoms with van der Waals surface area (Å²) in [5.41, 5.74) is 0. The fourth-order valence-corrected chi connectivity index (χ4v) is 4.07. The first-order chi connectivity index (χ1) is 10.9. The summed E-state index contributed by atoms with van der Waals surface area (Å²) < 4.78 is 24.9. The number of sulfonamides is 1. The molecule has 6 nitrogen and oxygen atoms in total. The van der Waals surface area contributed by atoms with Crippen LogP contribution in [-0.4, -0.2) is 69.1 Å². The summed E-state index contributed by atoms with van der Waals surface area (Å²) in [5.74, 6) is 0.573. The minimum Gasteiger partial charge on any atom is -0.341 e. The van der Waals surface area contributed by atoms with Gasteiger partial charge in [-0.05, 0) is 51.6 Å². The maximum absolute atomic E-state index is 12.7. The van der Waals surface area contributed by atoms with Crippen molar-refractivity contribution >= 4 is 15.9 Å². The Morgan fingerprint density at radius 3 is 2.17 bits per heavy atom. The Kier molecular flexibility index (Phi) is 6.85. The highest BCUT2D eigenvalue weighted by atomic mass is 32.2. The van der Waals surface area contributed by atoms with Crippen LogP contribution in [-0.2, 0) is 14.8 Å². The highest BCUT2D eigenvalue weighted by Gasteiger charge is 2.29. The summed E-state index contributed by atoms with van der Waals surface area (Å²) in [6, 6.07) is -0.0289. The monoisotopic (exact) mass is 345 g/mol. The number of nitrogens with zero attached hydrogens (tertiary/aromatic N) is 2. The van der Waals surface area contributed by atoms with E-state index >= 15 is 0 Å². The van der Waals surface area contributed by atoms with E-state index in [4.69, 9.17) is 0 Å². The van der Waals surface area contributed by atoms with Crippen molar-refractivity contribution in [2.75, 3.05) is 39.0 Å². The van der Waals surface area contributed by atoms with Gasteiger partial charge in [-0.25, -0.2) is 13.1 Å². The topological polar surface area (TPSA) is 69.7 Å². The van der Waals surface area contributed by atoms with Crippen molar-refractivity contribution in [3.63, 3.8) is 0 Å². The number of carbonyl (C=O) groups is 1. The van der Waals surface area contributed by atoms with Gasteiger partial charge in [-0.2, -0.15) is 0 Å². The molecule has 1 amide bonds. The van der Waals surface area contributed by atoms with E-state index in [1.54, 1.807) is 0 Å². The standard InChI is InChI=1S/C16H31N3O3S/c1-14(18-9-5-3-4-6-10-18)16(20)19-11-7-15(8-12-19)13-17-23(2,21)22/h14-15,17H,3-13H2,1-2H3. The minimum absolute atomic E-state index is 0.0289. The molecule has 2 rings (SSSR count). The molecule has 1 unspecified atom stereocenters. The van der Waals surface area contributed by atoms with Crippen molar-refractivity contribution in [3.8, 4) is 0 Å². The van der Waals surface area contributed by atoms with Crippen LogP contribution in [0.15, 0.2) is 0 Å². The van der Waals surface area contributed by atoms with Crippen LogP contribution in [0.5, 0.6) is 0 Å². The fraction of sp³-hybridized carbons (Fsp3) is 0.938. The zero-order valence-corrected chi connectivity index (χ0v) is 15.3. The first-order valence-electron chi connectivity index (χ1n) is 8.84. The van der Waals surface area contributed by atoms with Crippen molar-refractivity contribution in [2.45, 2.75) is 51.5 Å². The molecule has 0 saturated carbocycles. The van der Waals surface area contributed by atoms with E-state index < -0.39 is 10.0 Å². The number of rotatable bonds is 5. The van der Waals surface area contributed by atoms with Gasteiger partial charge in [-0.3, -0.25) is 9.69 Å². The molecule has 0 aromatic carbocycles. The molecule has 0 spiro atoms. The average Bonchev–Trinajstić information content (AvgIpc) is 2.80. The Morgan fingerprint density at radius 2 is 1.65 bits per heavy atom. The van der Waals surface area contributed by atoms with Crippen LogP contribution in [0.25, 0.3) is 0 Å². The van der Waals surface area contributed by atoms with Gasteiger partial charge in [0.15, 0.2) is 0 Å². The average molecular weight is 346 g/mol. The van der Waals surface area contributed by atoms with Crippen molar-refractivity contribution in [1.29, 1.82) is 0 Å². The molecular formula is C16H31N3O3S. The summed E-state index contributed by atoms with van der Waals surface area (Å²) in [7, 11) is -3.12. The Bertz CT molecular complexity index is 479. The number of nitrogens with one attached hydrogen (secondary N) is 1. The molecule has 2 aliphatic heterocycles. The van der Waals surface area contributed by atoms with Crippen LogP contribution in [0.4, 0.5) is 0 Å². The number of hydrogen-bond acceptors (Lipinski definition) is 4. The van der Waals surface area contributed by atoms with Gasteiger partial charge in [0.25, 0.3) is 0 Å². The largest absolute Gasteiger partial charge is 0.341 e. The van der Waals surface area contributed by atoms with Crippen molar-refractivity contribution in [3.05, 3.63) is 0 Å². The lowest BCUT2D eigenvalue weighted by Gasteiger charge is -2.36. The SMILES string of the molecule is CC(C(=O)N1CCC(CNS(C)(=O)=O)CC1)N1CCCCCC1. The molecule has 0 radical (unpaired) electrons. The number of piperidine rings is 1. The lowest BCUT2D eigenvalue weighted by atomic mass is 9.96. The van der Waals surface area contributed by atoms with Crippen molar-refractivity contribution < 1.29 is 13.2 Å². The normalized spacial score (nSPS) is 23.5. The molecule has 2 saturated heterocycles. The van der Waals surface area contributed by atoms with Gasteiger partial charge in [-0.1, -0.05) is 12.8 Å². The maximum Gasteiger partial charge on any atom is 0.239 e. The molecule has 0 aromatic heterocycles. The van der Waals surface area contributed by atoms with Gasteiger partial charge < -0.3 is 4.90 Å². The van der Waals surface area contributed by atoms with Crippen LogP contribution < -0.4 is 4.72 Å². The number of carbonyl (C=O) groups excluding carboxylic acids is 1. The second kappa shape index (κ2) is 8.44. The van der Waals surface area contributed by atoms with Crippen molar-refractivity contribution in [2.24, 2.45) is 5.92 Å². The molecule has 2 aliphatic rings. The van der Waals surface area contributed by atoms with Crippen LogP contribution >= 0.6 is 0 Å². The molecule has 0 aliphatic carbocycles. The van der Waals surface area contributed by atoms with E-state index in [1.165, 1.54) is 31.9 Å². The van der Waals surface area contributed by atoms with E-state index in [9.17, 15) is 13.2 Å². The molecular weight excluding hydrogens is 314 g/mol. The first kappa shape index (κ1) is 18.7. The molecule has 7 heteroatoms. The molecule has 1 N–H and O–H groups in total. The Hall–Kier alpha value is -0.660. The summed E-state index contributed by atoms with van der Waals surface area (Å²) in [5, 5.41) is 0. The second-order valence-corrected chi connectivity index (χ2v) is 8.85. The van der Waals surface area contributed by atoms with Crippen LogP contribution in [0.2, 0.25) is 0 Å². The zero-order valence-electron chi connectivity index (χ0n) is 14.5. The predicted molar refractivity (Wildman–Crippen MR) is 91.7 cm³/mol. The second-order valence-electron chi connectivity index (χ2n) is 7.02. The van der Waals surface area contributed by atoms with Gasteiger partial charge in [0, 0.05) is 19.6 Å². The quantitative estimate of drug-likeness (QED) is 0.808. The van der Waals surface area contributed by atoms with Gasteiger partial charge in [0.1, 0.15) is 0 Å². The third-order valence-corrected chi connectivity index (χ3v) is 5.80. The molecule has 1 atom stereocenters. The third-order valence-electron chi connectivity index (χ3n) is 5.11. The Labute approximate surface area is 140 Å². The lowest BCUT2D eigenvalue weighted by molar-refractivity contribution is -0.137. The van der Waals surface area contributed by atoms with Gasteiger partial charge >= 0.3 is 0 Å². The maximum atomic E-state index is 12.7. The highest BCUT2D eigenvalue weighted by Crippen LogP contribution is 2.19. The molecule has 134 valence electrons. The van der Waals surface area contributed by atoms with E-state index in [1.807, 2.05) is 11.8 Å². The molecule has 23 heavy (non-hydrogen) atoms. The van der Waals surface area contributed by atoms with E-state index in [-0.39, 0.29) is 11.9 Å². The summed E-state index contributed by atoms with van der Waals surface area (Å²) >= 11 is 0. The molecule has 0 bridgehead atoms.